The number of halogens is 1. The lowest BCUT2D eigenvalue weighted by molar-refractivity contribution is -0.135. The summed E-state index contributed by atoms with van der Waals surface area (Å²) >= 11 is 0. The van der Waals surface area contributed by atoms with E-state index in [0.717, 1.165) is 103 Å². The predicted molar refractivity (Wildman–Crippen MR) is 256 cm³/mol. The van der Waals surface area contributed by atoms with Gasteiger partial charge in [-0.1, -0.05) is 46.2 Å². The first kappa shape index (κ1) is 48.1. The highest BCUT2D eigenvalue weighted by molar-refractivity contribution is 5.87. The van der Waals surface area contributed by atoms with Gasteiger partial charge in [0.15, 0.2) is 11.6 Å². The minimum atomic E-state index is -0.738. The van der Waals surface area contributed by atoms with Crippen LogP contribution in [0.1, 0.15) is 139 Å². The monoisotopic (exact) mass is 936 g/mol. The molecule has 17 heteroatoms. The van der Waals surface area contributed by atoms with Crippen molar-refractivity contribution in [3.05, 3.63) is 83.2 Å². The van der Waals surface area contributed by atoms with Gasteiger partial charge in [0, 0.05) is 24.8 Å². The van der Waals surface area contributed by atoms with Gasteiger partial charge in [0.25, 0.3) is 0 Å². The lowest BCUT2D eigenvalue weighted by atomic mass is 10.0. The van der Waals surface area contributed by atoms with Crippen LogP contribution < -0.4 is 20.3 Å². The molecule has 0 unspecified atom stereocenters. The van der Waals surface area contributed by atoms with Crippen LogP contribution in [0, 0.1) is 11.7 Å². The average molecular weight is 936 g/mol. The standard InChI is InChI=1S/C51H66FN9O7/c1-7-9-24-59(48(62)36(8-2)57-50(64)66-5)29-45-53-37-19-16-31(26-39(37)54-45)41-21-22-42(61(41)33-18-23-44(35(52)28-33)68-34-13-10-11-14-34)32-17-20-38-40(27-32)56-47(55-38)43-15-12-25-60(43)49(63)46(30(3)4)58-51(65)67-6/h16-20,23,26-28,30,34,36,41-43,46H,7-15,21-22,24-25,29H2,1-6H3,(H,53,54)(H,55,56)(H,57,64)(H,58,65)/t36-,41+,42+,43-,46-/m0/s1. The Balaban J connectivity index is 1.09. The second-order valence-corrected chi connectivity index (χ2v) is 18.8. The minimum absolute atomic E-state index is 0.0173. The van der Waals surface area contributed by atoms with E-state index in [1.165, 1.54) is 14.2 Å². The van der Waals surface area contributed by atoms with Gasteiger partial charge in [-0.25, -0.2) is 23.9 Å². The number of aromatic nitrogens is 4. The van der Waals surface area contributed by atoms with Crippen LogP contribution in [0.4, 0.5) is 19.7 Å². The molecule has 0 radical (unpaired) electrons. The topological polar surface area (TPSA) is 187 Å². The number of aromatic amines is 2. The zero-order valence-electron chi connectivity index (χ0n) is 40.1. The van der Waals surface area contributed by atoms with Crippen molar-refractivity contribution in [3.63, 3.8) is 0 Å². The molecule has 2 saturated heterocycles. The Labute approximate surface area is 397 Å². The Kier molecular flexibility index (Phi) is 15.0. The van der Waals surface area contributed by atoms with Gasteiger partial charge >= 0.3 is 12.2 Å². The number of hydrogen-bond acceptors (Lipinski definition) is 10. The first-order valence-corrected chi connectivity index (χ1v) is 24.4. The molecular weight excluding hydrogens is 870 g/mol. The summed E-state index contributed by atoms with van der Waals surface area (Å²) in [5.41, 5.74) is 6.00. The largest absolute Gasteiger partial charge is 0.487 e. The highest BCUT2D eigenvalue weighted by Crippen LogP contribution is 2.48. The fraction of sp³-hybridized carbons (Fsp3) is 0.529. The molecule has 0 spiro atoms. The van der Waals surface area contributed by atoms with E-state index in [1.54, 1.807) is 17.0 Å². The molecule has 1 saturated carbocycles. The second-order valence-electron chi connectivity index (χ2n) is 18.8. The van der Waals surface area contributed by atoms with E-state index in [1.807, 2.05) is 43.9 Å². The molecular formula is C51H66FN9O7. The number of alkyl carbamates (subject to hydrolysis) is 2. The molecule has 5 aromatic rings. The summed E-state index contributed by atoms with van der Waals surface area (Å²) in [6.07, 6.45) is 7.93. The third kappa shape index (κ3) is 10.4. The number of methoxy groups -OCH3 is 2. The van der Waals surface area contributed by atoms with Crippen molar-refractivity contribution >= 4 is 51.8 Å². The van der Waals surface area contributed by atoms with E-state index in [2.05, 4.69) is 56.7 Å². The highest BCUT2D eigenvalue weighted by atomic mass is 19.1. The summed E-state index contributed by atoms with van der Waals surface area (Å²) in [7, 11) is 2.56. The number of ether oxygens (including phenoxy) is 3. The molecule has 0 bridgehead atoms. The molecule has 2 aliphatic heterocycles. The number of benzene rings is 3. The van der Waals surface area contributed by atoms with Crippen molar-refractivity contribution in [1.82, 2.24) is 40.4 Å². The average Bonchev–Trinajstić information content (AvgIpc) is 4.21. The van der Waals surface area contributed by atoms with Crippen LogP contribution in [-0.4, -0.2) is 99.2 Å². The summed E-state index contributed by atoms with van der Waals surface area (Å²) in [4.78, 5) is 74.6. The number of hydrogen-bond donors (Lipinski definition) is 4. The highest BCUT2D eigenvalue weighted by Gasteiger charge is 2.39. The fourth-order valence-corrected chi connectivity index (χ4v) is 10.3. The Morgan fingerprint density at radius 1 is 0.809 bits per heavy atom. The third-order valence-corrected chi connectivity index (χ3v) is 13.9. The lowest BCUT2D eigenvalue weighted by Gasteiger charge is -2.33. The number of H-pyrrole nitrogens is 2. The number of amides is 4. The maximum atomic E-state index is 16.2. The van der Waals surface area contributed by atoms with Gasteiger partial charge in [0.05, 0.1) is 67.1 Å². The van der Waals surface area contributed by atoms with Crippen LogP contribution in [0.3, 0.4) is 0 Å². The quantitative estimate of drug-likeness (QED) is 0.0700. The second kappa shape index (κ2) is 21.3. The van der Waals surface area contributed by atoms with E-state index in [9.17, 15) is 19.2 Å². The zero-order chi connectivity index (χ0) is 48.1. The summed E-state index contributed by atoms with van der Waals surface area (Å²) in [5.74, 6) is 0.679. The minimum Gasteiger partial charge on any atom is -0.487 e. The molecule has 3 aromatic carbocycles. The molecule has 4 heterocycles. The molecule has 16 nitrogen and oxygen atoms in total. The Bertz CT molecular complexity index is 2590. The fourth-order valence-electron chi connectivity index (χ4n) is 10.3. The molecule has 68 heavy (non-hydrogen) atoms. The molecule has 364 valence electrons. The smallest absolute Gasteiger partial charge is 0.407 e. The molecule has 8 rings (SSSR count). The first-order chi connectivity index (χ1) is 32.9. The maximum absolute atomic E-state index is 16.2. The van der Waals surface area contributed by atoms with E-state index >= 15 is 4.39 Å². The SMILES string of the molecule is CCCCN(Cc1nc2ccc([C@H]3CC[C@H](c4ccc5nc([C@@H]6CCCN6C(=O)[C@@H](NC(=O)OC)C(C)C)[nH]c5c4)N3c3ccc(OC4CCCC4)c(F)c3)cc2[nH]1)C(=O)[C@H](CC)NC(=O)OC. The molecule has 4 amide bonds. The number of carbonyl (C=O) groups excluding carboxylic acids is 4. The van der Waals surface area contributed by atoms with E-state index in [0.29, 0.717) is 31.2 Å². The van der Waals surface area contributed by atoms with Gasteiger partial charge in [0.1, 0.15) is 23.7 Å². The van der Waals surface area contributed by atoms with E-state index in [-0.39, 0.29) is 54.3 Å². The molecule has 5 atom stereocenters. The van der Waals surface area contributed by atoms with Crippen LogP contribution in [0.2, 0.25) is 0 Å². The number of likely N-dealkylation sites (tertiary alicyclic amines) is 1. The van der Waals surface area contributed by atoms with Crippen molar-refractivity contribution in [2.75, 3.05) is 32.2 Å². The number of anilines is 1. The molecule has 3 aliphatic rings. The van der Waals surface area contributed by atoms with Crippen LogP contribution in [0.5, 0.6) is 5.75 Å². The first-order valence-electron chi connectivity index (χ1n) is 24.4. The summed E-state index contributed by atoms with van der Waals surface area (Å²) in [6.45, 7) is 9.01. The normalized spacial score (nSPS) is 19.4. The van der Waals surface area contributed by atoms with Crippen molar-refractivity contribution in [2.24, 2.45) is 5.92 Å². The number of unbranched alkanes of at least 4 members (excludes halogenated alkanes) is 1. The number of fused-ring (bicyclic) bond motifs is 2. The van der Waals surface area contributed by atoms with E-state index in [4.69, 9.17) is 24.2 Å². The van der Waals surface area contributed by atoms with Crippen LogP contribution in [-0.2, 0) is 25.6 Å². The lowest BCUT2D eigenvalue weighted by Crippen LogP contribution is -2.51. The van der Waals surface area contributed by atoms with Crippen molar-refractivity contribution in [1.29, 1.82) is 0 Å². The van der Waals surface area contributed by atoms with Crippen molar-refractivity contribution in [3.8, 4) is 5.75 Å². The Hall–Kier alpha value is -6.39. The molecule has 4 N–H and O–H groups in total. The number of rotatable bonds is 17. The van der Waals surface area contributed by atoms with Crippen LogP contribution >= 0.6 is 0 Å². The number of nitrogens with zero attached hydrogens (tertiary/aromatic N) is 5. The summed E-state index contributed by atoms with van der Waals surface area (Å²) < 4.78 is 31.9. The number of carbonyl (C=O) groups is 4. The van der Waals surface area contributed by atoms with Gasteiger partial charge in [-0.15, -0.1) is 0 Å². The van der Waals surface area contributed by atoms with Gasteiger partial charge in [-0.2, -0.15) is 0 Å². The van der Waals surface area contributed by atoms with Gasteiger partial charge in [-0.05, 0) is 118 Å². The van der Waals surface area contributed by atoms with Gasteiger partial charge in [0.2, 0.25) is 11.8 Å². The number of imidazole rings is 2. The third-order valence-electron chi connectivity index (χ3n) is 13.9. The summed E-state index contributed by atoms with van der Waals surface area (Å²) in [6, 6.07) is 15.7. The molecule has 3 fully saturated rings. The van der Waals surface area contributed by atoms with Crippen LogP contribution in [0.15, 0.2) is 54.6 Å². The number of nitrogens with one attached hydrogen (secondary N) is 4. The van der Waals surface area contributed by atoms with Gasteiger partial charge in [-0.3, -0.25) is 9.59 Å². The Morgan fingerprint density at radius 2 is 1.47 bits per heavy atom. The van der Waals surface area contributed by atoms with E-state index < -0.39 is 30.1 Å². The molecule has 1 aliphatic carbocycles. The maximum Gasteiger partial charge on any atom is 0.407 e. The Morgan fingerprint density at radius 3 is 2.10 bits per heavy atom. The predicted octanol–water partition coefficient (Wildman–Crippen LogP) is 9.29. The van der Waals surface area contributed by atoms with Crippen LogP contribution in [0.25, 0.3) is 22.1 Å². The summed E-state index contributed by atoms with van der Waals surface area (Å²) in [5, 5.41) is 5.39. The van der Waals surface area contributed by atoms with Crippen molar-refractivity contribution in [2.45, 2.75) is 141 Å². The zero-order valence-corrected chi connectivity index (χ0v) is 40.1. The van der Waals surface area contributed by atoms with Crippen molar-refractivity contribution < 1.29 is 37.8 Å². The van der Waals surface area contributed by atoms with Gasteiger partial charge < -0.3 is 49.5 Å². The molecule has 2 aromatic heterocycles.